The molecule has 1 heterocycles. The molecular formula is C19H17N3. The van der Waals surface area contributed by atoms with Crippen LogP contribution in [0.5, 0.6) is 0 Å². The van der Waals surface area contributed by atoms with Crippen molar-refractivity contribution < 1.29 is 0 Å². The van der Waals surface area contributed by atoms with E-state index < -0.39 is 0 Å². The lowest BCUT2D eigenvalue weighted by Crippen LogP contribution is -2.07. The molecule has 3 aromatic rings. The number of anilines is 1. The van der Waals surface area contributed by atoms with Gasteiger partial charge in [-0.25, -0.2) is 4.98 Å². The Balaban J connectivity index is 1.99. The van der Waals surface area contributed by atoms with E-state index in [0.717, 1.165) is 28.2 Å². The fourth-order valence-electron chi connectivity index (χ4n) is 2.20. The largest absolute Gasteiger partial charge is 0.261 e. The molecule has 0 aliphatic carbocycles. The zero-order valence-corrected chi connectivity index (χ0v) is 12.4. The molecule has 0 amide bonds. The smallest absolute Gasteiger partial charge is 0.149 e. The van der Waals surface area contributed by atoms with Crippen LogP contribution in [0.2, 0.25) is 0 Å². The third-order valence-corrected chi connectivity index (χ3v) is 3.38. The first-order valence-corrected chi connectivity index (χ1v) is 7.21. The zero-order valence-electron chi connectivity index (χ0n) is 12.4. The van der Waals surface area contributed by atoms with Crippen molar-refractivity contribution in [2.45, 2.75) is 6.92 Å². The molecule has 0 saturated carbocycles. The second-order valence-corrected chi connectivity index (χ2v) is 4.97. The van der Waals surface area contributed by atoms with Crippen molar-refractivity contribution in [3.8, 4) is 0 Å². The fraction of sp³-hybridized carbons (Fsp3) is 0.0526. The molecule has 0 aliphatic heterocycles. The van der Waals surface area contributed by atoms with Gasteiger partial charge in [-0.1, -0.05) is 66.7 Å². The highest BCUT2D eigenvalue weighted by Gasteiger charge is 2.06. The topological polar surface area (TPSA) is 37.3 Å². The molecule has 0 atom stereocenters. The average molecular weight is 287 g/mol. The number of rotatable bonds is 4. The second kappa shape index (κ2) is 6.68. The third kappa shape index (κ3) is 3.20. The maximum absolute atomic E-state index is 4.60. The minimum Gasteiger partial charge on any atom is -0.261 e. The van der Waals surface area contributed by atoms with Crippen molar-refractivity contribution in [1.82, 2.24) is 4.98 Å². The molecule has 0 saturated heterocycles. The molecule has 108 valence electrons. The molecule has 0 unspecified atom stereocenters. The first-order valence-electron chi connectivity index (χ1n) is 7.21. The first-order chi connectivity index (χ1) is 10.8. The van der Waals surface area contributed by atoms with E-state index >= 15 is 0 Å². The highest BCUT2D eigenvalue weighted by atomic mass is 15.3. The molecule has 2 aromatic carbocycles. The van der Waals surface area contributed by atoms with E-state index in [-0.39, 0.29) is 0 Å². The molecule has 0 bridgehead atoms. The molecule has 1 N–H and O–H groups in total. The van der Waals surface area contributed by atoms with Crippen LogP contribution in [0.3, 0.4) is 0 Å². The molecule has 22 heavy (non-hydrogen) atoms. The second-order valence-electron chi connectivity index (χ2n) is 4.97. The van der Waals surface area contributed by atoms with Crippen LogP contribution in [0.15, 0.2) is 84.1 Å². The van der Waals surface area contributed by atoms with Gasteiger partial charge in [0.25, 0.3) is 0 Å². The van der Waals surface area contributed by atoms with Crippen LogP contribution >= 0.6 is 0 Å². The summed E-state index contributed by atoms with van der Waals surface area (Å²) in [5, 5.41) is 4.60. The quantitative estimate of drug-likeness (QED) is 0.575. The number of aryl methyl sites for hydroxylation is 1. The van der Waals surface area contributed by atoms with Gasteiger partial charge in [0.1, 0.15) is 5.82 Å². The van der Waals surface area contributed by atoms with E-state index in [0.29, 0.717) is 0 Å². The maximum atomic E-state index is 4.60. The summed E-state index contributed by atoms with van der Waals surface area (Å²) in [7, 11) is 0. The number of aromatic nitrogens is 1. The van der Waals surface area contributed by atoms with Gasteiger partial charge < -0.3 is 0 Å². The SMILES string of the molecule is Cc1cccnc1NN=C(c1ccccc1)c1ccccc1. The summed E-state index contributed by atoms with van der Waals surface area (Å²) in [6.07, 6.45) is 1.76. The first kappa shape index (κ1) is 14.0. The normalized spacial score (nSPS) is 10.0. The van der Waals surface area contributed by atoms with Gasteiger partial charge in [0.15, 0.2) is 0 Å². The Labute approximate surface area is 130 Å². The Morgan fingerprint density at radius 2 is 1.41 bits per heavy atom. The van der Waals surface area contributed by atoms with E-state index in [1.807, 2.05) is 55.5 Å². The Morgan fingerprint density at radius 1 is 0.818 bits per heavy atom. The molecule has 1 aromatic heterocycles. The van der Waals surface area contributed by atoms with E-state index in [9.17, 15) is 0 Å². The minimum absolute atomic E-state index is 0.770. The third-order valence-electron chi connectivity index (χ3n) is 3.38. The Hall–Kier alpha value is -2.94. The van der Waals surface area contributed by atoms with Crippen molar-refractivity contribution in [1.29, 1.82) is 0 Å². The number of benzene rings is 2. The standard InChI is InChI=1S/C19H17N3/c1-15-9-8-14-20-19(15)22-21-18(16-10-4-2-5-11-16)17-12-6-3-7-13-17/h2-14H,1H3,(H,20,22). The van der Waals surface area contributed by atoms with Crippen LogP contribution in [0.4, 0.5) is 5.82 Å². The minimum atomic E-state index is 0.770. The molecule has 0 fully saturated rings. The summed E-state index contributed by atoms with van der Waals surface area (Å²) in [5.41, 5.74) is 7.17. The van der Waals surface area contributed by atoms with E-state index in [1.165, 1.54) is 0 Å². The Morgan fingerprint density at radius 3 is 1.95 bits per heavy atom. The zero-order chi connectivity index (χ0) is 15.2. The van der Waals surface area contributed by atoms with Crippen molar-refractivity contribution in [3.63, 3.8) is 0 Å². The number of hydrogen-bond acceptors (Lipinski definition) is 3. The molecular weight excluding hydrogens is 270 g/mol. The summed E-state index contributed by atoms with van der Waals surface area (Å²) in [5.74, 6) is 0.770. The molecule has 0 aliphatic rings. The van der Waals surface area contributed by atoms with Crippen LogP contribution in [-0.4, -0.2) is 10.7 Å². The van der Waals surface area contributed by atoms with Crippen LogP contribution in [-0.2, 0) is 0 Å². The lowest BCUT2D eigenvalue weighted by atomic mass is 10.0. The van der Waals surface area contributed by atoms with Crippen molar-refractivity contribution in [2.24, 2.45) is 5.10 Å². The lowest BCUT2D eigenvalue weighted by Gasteiger charge is -2.09. The van der Waals surface area contributed by atoms with Crippen molar-refractivity contribution in [2.75, 3.05) is 5.43 Å². The highest BCUT2D eigenvalue weighted by Crippen LogP contribution is 2.13. The van der Waals surface area contributed by atoms with Gasteiger partial charge in [-0.15, -0.1) is 0 Å². The molecule has 3 heteroatoms. The predicted molar refractivity (Wildman–Crippen MR) is 91.1 cm³/mol. The van der Waals surface area contributed by atoms with E-state index in [1.54, 1.807) is 6.20 Å². The summed E-state index contributed by atoms with van der Waals surface area (Å²) >= 11 is 0. The number of nitrogens with one attached hydrogen (secondary N) is 1. The van der Waals surface area contributed by atoms with Crippen LogP contribution in [0.1, 0.15) is 16.7 Å². The summed E-state index contributed by atoms with van der Waals surface area (Å²) < 4.78 is 0. The van der Waals surface area contributed by atoms with Crippen LogP contribution < -0.4 is 5.43 Å². The lowest BCUT2D eigenvalue weighted by molar-refractivity contribution is 1.19. The van der Waals surface area contributed by atoms with Crippen molar-refractivity contribution >= 4 is 11.5 Å². The fourth-order valence-corrected chi connectivity index (χ4v) is 2.20. The monoisotopic (exact) mass is 287 g/mol. The Bertz CT molecular complexity index is 723. The van der Waals surface area contributed by atoms with Crippen LogP contribution in [0.25, 0.3) is 0 Å². The van der Waals surface area contributed by atoms with E-state index in [2.05, 4.69) is 39.8 Å². The van der Waals surface area contributed by atoms with Crippen molar-refractivity contribution in [3.05, 3.63) is 95.7 Å². The molecule has 3 nitrogen and oxygen atoms in total. The van der Waals surface area contributed by atoms with Crippen LogP contribution in [0, 0.1) is 6.92 Å². The van der Waals surface area contributed by atoms with Gasteiger partial charge in [0.05, 0.1) is 5.71 Å². The summed E-state index contributed by atoms with van der Waals surface area (Å²) in [6, 6.07) is 24.2. The summed E-state index contributed by atoms with van der Waals surface area (Å²) in [6.45, 7) is 2.01. The number of hydrogen-bond donors (Lipinski definition) is 1. The van der Waals surface area contributed by atoms with Gasteiger partial charge in [-0.2, -0.15) is 5.10 Å². The number of hydrazone groups is 1. The number of pyridine rings is 1. The molecule has 0 radical (unpaired) electrons. The van der Waals surface area contributed by atoms with Gasteiger partial charge in [0, 0.05) is 17.3 Å². The maximum Gasteiger partial charge on any atom is 0.149 e. The van der Waals surface area contributed by atoms with Gasteiger partial charge >= 0.3 is 0 Å². The van der Waals surface area contributed by atoms with Gasteiger partial charge in [-0.3, -0.25) is 5.43 Å². The number of nitrogens with zero attached hydrogens (tertiary/aromatic N) is 2. The van der Waals surface area contributed by atoms with Gasteiger partial charge in [0.2, 0.25) is 0 Å². The highest BCUT2D eigenvalue weighted by molar-refractivity contribution is 6.13. The average Bonchev–Trinajstić information content (AvgIpc) is 2.59. The predicted octanol–water partition coefficient (Wildman–Crippen LogP) is 4.25. The van der Waals surface area contributed by atoms with E-state index in [4.69, 9.17) is 0 Å². The molecule has 3 rings (SSSR count). The Kier molecular flexibility index (Phi) is 4.25. The van der Waals surface area contributed by atoms with Gasteiger partial charge in [-0.05, 0) is 18.6 Å². The molecule has 0 spiro atoms. The summed E-state index contributed by atoms with van der Waals surface area (Å²) in [4.78, 5) is 4.32.